The maximum Gasteiger partial charge on any atom is 0.139 e. The van der Waals surface area contributed by atoms with Gasteiger partial charge in [-0.25, -0.2) is 0 Å². The maximum absolute atomic E-state index is 12.3. The third kappa shape index (κ3) is 4.87. The molecule has 0 radical (unpaired) electrons. The molecule has 2 saturated heterocycles. The highest BCUT2D eigenvalue weighted by Crippen LogP contribution is 2.59. The van der Waals surface area contributed by atoms with Crippen LogP contribution in [0, 0.1) is 17.3 Å². The van der Waals surface area contributed by atoms with Crippen LogP contribution in [0.2, 0.25) is 0 Å². The van der Waals surface area contributed by atoms with E-state index >= 15 is 0 Å². The fourth-order valence-electron chi connectivity index (χ4n) is 7.25. The van der Waals surface area contributed by atoms with E-state index in [9.17, 15) is 9.90 Å². The number of carbonyl (C=O) groups excluding carboxylic acids is 1. The molecule has 6 rings (SSSR count). The molecule has 2 saturated carbocycles. The average molecular weight is 457 g/mol. The van der Waals surface area contributed by atoms with Gasteiger partial charge in [0, 0.05) is 25.0 Å². The van der Waals surface area contributed by atoms with Crippen molar-refractivity contribution in [3.63, 3.8) is 0 Å². The van der Waals surface area contributed by atoms with Crippen molar-refractivity contribution < 1.29 is 24.1 Å². The largest absolute Gasteiger partial charge is 0.508 e. The van der Waals surface area contributed by atoms with E-state index in [0.29, 0.717) is 41.5 Å². The number of benzene rings is 1. The summed E-state index contributed by atoms with van der Waals surface area (Å²) in [6.07, 6.45) is 11.6. The Hall–Kier alpha value is -1.43. The van der Waals surface area contributed by atoms with Crippen molar-refractivity contribution in [2.75, 3.05) is 26.4 Å². The number of Topliss-reactive ketones (excluding diaryl/α,β-unsaturated/α-hetero) is 1. The predicted octanol–water partition coefficient (Wildman–Crippen LogP) is 5.18. The van der Waals surface area contributed by atoms with E-state index < -0.39 is 0 Å². The SMILES string of the molecule is C1COCC(OC2CCCOC2)C1.C[C@]12CC[C@@H]3c4ccc(O)cc4CC[C@H]3[C@@H]1CCC2=O. The van der Waals surface area contributed by atoms with E-state index in [1.807, 2.05) is 12.1 Å². The minimum Gasteiger partial charge on any atom is -0.508 e. The number of phenolic OH excluding ortho intramolecular Hbond substituents is 1. The number of hydrogen-bond acceptors (Lipinski definition) is 5. The molecule has 0 bridgehead atoms. The first-order valence-electron chi connectivity index (χ1n) is 13.2. The minimum absolute atomic E-state index is 0.0322. The van der Waals surface area contributed by atoms with Crippen LogP contribution in [0.1, 0.15) is 81.8 Å². The van der Waals surface area contributed by atoms with Gasteiger partial charge in [-0.2, -0.15) is 0 Å². The number of phenols is 1. The molecule has 1 N–H and O–H groups in total. The van der Waals surface area contributed by atoms with Crippen molar-refractivity contribution in [2.45, 2.75) is 89.3 Å². The van der Waals surface area contributed by atoms with Crippen LogP contribution in [0.15, 0.2) is 18.2 Å². The van der Waals surface area contributed by atoms with Gasteiger partial charge in [-0.3, -0.25) is 4.79 Å². The van der Waals surface area contributed by atoms with E-state index in [1.165, 1.54) is 17.5 Å². The smallest absolute Gasteiger partial charge is 0.139 e. The van der Waals surface area contributed by atoms with Gasteiger partial charge in [0.2, 0.25) is 0 Å². The van der Waals surface area contributed by atoms with E-state index in [-0.39, 0.29) is 5.41 Å². The van der Waals surface area contributed by atoms with Gasteiger partial charge < -0.3 is 19.3 Å². The molecule has 2 heterocycles. The first-order valence-corrected chi connectivity index (χ1v) is 13.2. The van der Waals surface area contributed by atoms with Crippen LogP contribution in [-0.4, -0.2) is 49.5 Å². The summed E-state index contributed by atoms with van der Waals surface area (Å²) >= 11 is 0. The molecule has 33 heavy (non-hydrogen) atoms. The monoisotopic (exact) mass is 456 g/mol. The van der Waals surface area contributed by atoms with Gasteiger partial charge in [0.05, 0.1) is 25.4 Å². The number of fused-ring (bicyclic) bond motifs is 5. The number of rotatable bonds is 2. The van der Waals surface area contributed by atoms with Gasteiger partial charge in [0.15, 0.2) is 0 Å². The summed E-state index contributed by atoms with van der Waals surface area (Å²) in [5, 5.41) is 9.67. The highest BCUT2D eigenvalue weighted by molar-refractivity contribution is 5.87. The zero-order valence-electron chi connectivity index (χ0n) is 20.1. The second-order valence-electron chi connectivity index (χ2n) is 11.0. The molecule has 6 atom stereocenters. The molecule has 2 unspecified atom stereocenters. The number of ketones is 1. The van der Waals surface area contributed by atoms with Crippen LogP contribution in [0.25, 0.3) is 0 Å². The molecule has 1 aromatic rings. The van der Waals surface area contributed by atoms with Crippen molar-refractivity contribution in [2.24, 2.45) is 17.3 Å². The van der Waals surface area contributed by atoms with Crippen LogP contribution in [0.5, 0.6) is 5.75 Å². The second-order valence-corrected chi connectivity index (χ2v) is 11.0. The first kappa shape index (κ1) is 23.3. The van der Waals surface area contributed by atoms with Gasteiger partial charge in [-0.15, -0.1) is 0 Å². The molecule has 2 aliphatic heterocycles. The molecular weight excluding hydrogens is 416 g/mol. The third-order valence-electron chi connectivity index (χ3n) is 9.04. The maximum atomic E-state index is 12.3. The van der Waals surface area contributed by atoms with Gasteiger partial charge in [0.1, 0.15) is 11.5 Å². The van der Waals surface area contributed by atoms with E-state index in [2.05, 4.69) is 13.0 Å². The Kier molecular flexibility index (Phi) is 7.10. The minimum atomic E-state index is -0.0322. The van der Waals surface area contributed by atoms with E-state index in [1.54, 1.807) is 0 Å². The number of aromatic hydroxyl groups is 1. The van der Waals surface area contributed by atoms with Crippen molar-refractivity contribution in [1.82, 2.24) is 0 Å². The molecule has 0 amide bonds. The number of ether oxygens (including phenoxy) is 3. The van der Waals surface area contributed by atoms with E-state index in [4.69, 9.17) is 14.2 Å². The summed E-state index contributed by atoms with van der Waals surface area (Å²) in [5.41, 5.74) is 2.75. The quantitative estimate of drug-likeness (QED) is 0.664. The van der Waals surface area contributed by atoms with Gasteiger partial charge in [-0.1, -0.05) is 13.0 Å². The van der Waals surface area contributed by atoms with Gasteiger partial charge in [0.25, 0.3) is 0 Å². The highest BCUT2D eigenvalue weighted by Gasteiger charge is 2.54. The molecule has 5 nitrogen and oxygen atoms in total. The Labute approximate surface area is 198 Å². The first-order chi connectivity index (χ1) is 16.0. The van der Waals surface area contributed by atoms with Gasteiger partial charge >= 0.3 is 0 Å². The van der Waals surface area contributed by atoms with Crippen LogP contribution in [-0.2, 0) is 25.4 Å². The average Bonchev–Trinajstić information content (AvgIpc) is 3.15. The van der Waals surface area contributed by atoms with Crippen molar-refractivity contribution in [1.29, 1.82) is 0 Å². The summed E-state index contributed by atoms with van der Waals surface area (Å²) in [7, 11) is 0. The molecular formula is C28H40O5. The zero-order valence-corrected chi connectivity index (χ0v) is 20.1. The third-order valence-corrected chi connectivity index (χ3v) is 9.04. The fourth-order valence-corrected chi connectivity index (χ4v) is 7.25. The summed E-state index contributed by atoms with van der Waals surface area (Å²) in [6, 6.07) is 5.90. The highest BCUT2D eigenvalue weighted by atomic mass is 16.6. The fraction of sp³-hybridized carbons (Fsp3) is 0.750. The number of carbonyl (C=O) groups is 1. The van der Waals surface area contributed by atoms with Crippen LogP contribution in [0.4, 0.5) is 0 Å². The van der Waals surface area contributed by atoms with Crippen LogP contribution < -0.4 is 0 Å². The molecule has 5 aliphatic rings. The van der Waals surface area contributed by atoms with Gasteiger partial charge in [-0.05, 0) is 98.8 Å². The van der Waals surface area contributed by atoms with E-state index in [0.717, 1.165) is 84.2 Å². The Balaban J connectivity index is 0.000000152. The summed E-state index contributed by atoms with van der Waals surface area (Å²) in [4.78, 5) is 12.3. The molecule has 0 aromatic heterocycles. The Morgan fingerprint density at radius 3 is 2.36 bits per heavy atom. The van der Waals surface area contributed by atoms with Crippen LogP contribution in [0.3, 0.4) is 0 Å². The lowest BCUT2D eigenvalue weighted by Crippen LogP contribution is -2.42. The Bertz CT molecular complexity index is 810. The van der Waals surface area contributed by atoms with Crippen molar-refractivity contribution >= 4 is 5.78 Å². The molecule has 1 aromatic carbocycles. The topological polar surface area (TPSA) is 65.0 Å². The lowest BCUT2D eigenvalue weighted by atomic mass is 9.55. The van der Waals surface area contributed by atoms with Crippen molar-refractivity contribution in [3.8, 4) is 5.75 Å². The molecule has 5 heteroatoms. The van der Waals surface area contributed by atoms with Crippen molar-refractivity contribution in [3.05, 3.63) is 29.3 Å². The Morgan fingerprint density at radius 1 is 0.970 bits per heavy atom. The summed E-state index contributed by atoms with van der Waals surface area (Å²) < 4.78 is 16.6. The number of aryl methyl sites for hydroxylation is 1. The summed E-state index contributed by atoms with van der Waals surface area (Å²) in [6.45, 7) is 5.57. The zero-order chi connectivity index (χ0) is 22.8. The standard InChI is InChI=1S/C18H22O2.C10H18O3/c1-18-9-8-14-13-5-3-12(19)10-11(13)2-4-15(14)16(18)6-7-17(18)20;1-3-9(7-11-5-1)13-10-4-2-6-12-8-10/h3,5,10,14-16,19H,2,4,6-9H2,1H3;9-10H,1-8H2/t14-,15-,16+,18+;/m1./s1. The lowest BCUT2D eigenvalue weighted by Gasteiger charge is -2.48. The molecule has 182 valence electrons. The molecule has 4 fully saturated rings. The normalized spacial score (nSPS) is 37.8. The molecule has 0 spiro atoms. The van der Waals surface area contributed by atoms with Crippen LogP contribution >= 0.6 is 0 Å². The predicted molar refractivity (Wildman–Crippen MR) is 126 cm³/mol. The lowest BCUT2D eigenvalue weighted by molar-refractivity contribution is -0.129. The number of hydrogen-bond donors (Lipinski definition) is 1. The second kappa shape index (κ2) is 10.1. The Morgan fingerprint density at radius 2 is 1.70 bits per heavy atom. The summed E-state index contributed by atoms with van der Waals surface area (Å²) in [5.74, 6) is 2.78. The molecule has 3 aliphatic carbocycles.